The van der Waals surface area contributed by atoms with Crippen LogP contribution in [0.25, 0.3) is 11.5 Å². The molecule has 0 bridgehead atoms. The minimum Gasteiger partial charge on any atom is -0.441 e. The number of oxazole rings is 1. The summed E-state index contributed by atoms with van der Waals surface area (Å²) in [5.41, 5.74) is 1.23. The molecule has 0 spiro atoms. The van der Waals surface area contributed by atoms with Gasteiger partial charge in [0.25, 0.3) is 0 Å². The first kappa shape index (κ1) is 18.5. The van der Waals surface area contributed by atoms with Gasteiger partial charge in [-0.3, -0.25) is 9.59 Å². The van der Waals surface area contributed by atoms with Crippen molar-refractivity contribution in [2.24, 2.45) is 0 Å². The van der Waals surface area contributed by atoms with Gasteiger partial charge in [-0.2, -0.15) is 0 Å². The van der Waals surface area contributed by atoms with E-state index in [2.05, 4.69) is 10.3 Å². The predicted octanol–water partition coefficient (Wildman–Crippen LogP) is 2.97. The molecule has 1 N–H and O–H groups in total. The van der Waals surface area contributed by atoms with E-state index in [4.69, 9.17) is 16.0 Å². The molecule has 2 aromatic rings. The Bertz CT molecular complexity index is 797. The van der Waals surface area contributed by atoms with Gasteiger partial charge in [0.15, 0.2) is 0 Å². The summed E-state index contributed by atoms with van der Waals surface area (Å²) in [4.78, 5) is 30.5. The third kappa shape index (κ3) is 4.43. The zero-order chi connectivity index (χ0) is 18.5. The summed E-state index contributed by atoms with van der Waals surface area (Å²) in [6, 6.07) is 7.25. The van der Waals surface area contributed by atoms with Crippen LogP contribution in [0.15, 0.2) is 28.7 Å². The highest BCUT2D eigenvalue weighted by atomic mass is 35.5. The fourth-order valence-corrected chi connectivity index (χ4v) is 3.20. The van der Waals surface area contributed by atoms with Crippen LogP contribution >= 0.6 is 11.6 Å². The number of amides is 2. The largest absolute Gasteiger partial charge is 0.441 e. The van der Waals surface area contributed by atoms with Crippen molar-refractivity contribution in [1.82, 2.24) is 15.2 Å². The highest BCUT2D eigenvalue weighted by Gasteiger charge is 2.19. The number of nitrogens with one attached hydrogen (secondary N) is 1. The van der Waals surface area contributed by atoms with Crippen LogP contribution in [0.1, 0.15) is 30.7 Å². The Morgan fingerprint density at radius 1 is 1.23 bits per heavy atom. The second kappa shape index (κ2) is 8.36. The standard InChI is InChI=1S/C19H22ClN3O3/c1-13-16(22-19(26-13)14-7-3-4-8-15(14)20)11-17(24)21-12-18(25)23-9-5-2-6-10-23/h3-4,7-8H,2,5-6,9-12H2,1H3,(H,21,24). The Hall–Kier alpha value is -2.34. The van der Waals surface area contributed by atoms with Crippen LogP contribution in [-0.4, -0.2) is 41.3 Å². The highest BCUT2D eigenvalue weighted by molar-refractivity contribution is 6.33. The van der Waals surface area contributed by atoms with Crippen molar-refractivity contribution in [2.75, 3.05) is 19.6 Å². The Balaban J connectivity index is 1.58. The molecule has 138 valence electrons. The fourth-order valence-electron chi connectivity index (χ4n) is 2.99. The Kier molecular flexibility index (Phi) is 5.93. The molecule has 1 aliphatic heterocycles. The summed E-state index contributed by atoms with van der Waals surface area (Å²) in [6.07, 6.45) is 3.29. The molecular formula is C19H22ClN3O3. The van der Waals surface area contributed by atoms with Crippen molar-refractivity contribution < 1.29 is 14.0 Å². The van der Waals surface area contributed by atoms with E-state index in [1.807, 2.05) is 18.2 Å². The normalized spacial score (nSPS) is 14.3. The summed E-state index contributed by atoms with van der Waals surface area (Å²) in [7, 11) is 0. The molecule has 0 atom stereocenters. The van der Waals surface area contributed by atoms with Crippen LogP contribution in [0.5, 0.6) is 0 Å². The SMILES string of the molecule is Cc1oc(-c2ccccc2Cl)nc1CC(=O)NCC(=O)N1CCCCC1. The smallest absolute Gasteiger partial charge is 0.241 e. The summed E-state index contributed by atoms with van der Waals surface area (Å²) in [5, 5.41) is 3.22. The van der Waals surface area contributed by atoms with Crippen LogP contribution in [0.2, 0.25) is 5.02 Å². The van der Waals surface area contributed by atoms with Crippen LogP contribution in [0.3, 0.4) is 0 Å². The fraction of sp³-hybridized carbons (Fsp3) is 0.421. The molecule has 0 aliphatic carbocycles. The number of hydrogen-bond donors (Lipinski definition) is 1. The van der Waals surface area contributed by atoms with Crippen molar-refractivity contribution >= 4 is 23.4 Å². The number of likely N-dealkylation sites (tertiary alicyclic amines) is 1. The molecule has 0 radical (unpaired) electrons. The zero-order valence-corrected chi connectivity index (χ0v) is 15.5. The van der Waals surface area contributed by atoms with E-state index in [1.54, 1.807) is 17.9 Å². The topological polar surface area (TPSA) is 75.4 Å². The highest BCUT2D eigenvalue weighted by Crippen LogP contribution is 2.28. The number of rotatable bonds is 5. The number of aryl methyl sites for hydroxylation is 1. The van der Waals surface area contributed by atoms with E-state index in [-0.39, 0.29) is 24.8 Å². The average molecular weight is 376 g/mol. The van der Waals surface area contributed by atoms with Crippen molar-refractivity contribution in [1.29, 1.82) is 0 Å². The van der Waals surface area contributed by atoms with E-state index in [1.165, 1.54) is 0 Å². The average Bonchev–Trinajstić information content (AvgIpc) is 3.01. The Labute approximate surface area is 157 Å². The first-order valence-corrected chi connectivity index (χ1v) is 9.18. The lowest BCUT2D eigenvalue weighted by molar-refractivity contribution is -0.133. The summed E-state index contributed by atoms with van der Waals surface area (Å²) < 4.78 is 5.65. The number of benzene rings is 1. The van der Waals surface area contributed by atoms with E-state index < -0.39 is 0 Å². The van der Waals surface area contributed by atoms with E-state index in [0.29, 0.717) is 27.9 Å². The van der Waals surface area contributed by atoms with Crippen molar-refractivity contribution in [3.05, 3.63) is 40.7 Å². The minimum absolute atomic E-state index is 0.0209. The second-order valence-corrected chi connectivity index (χ2v) is 6.80. The minimum atomic E-state index is -0.252. The monoisotopic (exact) mass is 375 g/mol. The van der Waals surface area contributed by atoms with Gasteiger partial charge in [-0.15, -0.1) is 0 Å². The molecule has 6 nitrogen and oxygen atoms in total. The number of nitrogens with zero attached hydrogens (tertiary/aromatic N) is 2. The first-order chi connectivity index (χ1) is 12.5. The number of carbonyl (C=O) groups excluding carboxylic acids is 2. The third-order valence-corrected chi connectivity index (χ3v) is 4.80. The molecule has 0 unspecified atom stereocenters. The Morgan fingerprint density at radius 3 is 2.69 bits per heavy atom. The third-order valence-electron chi connectivity index (χ3n) is 4.47. The van der Waals surface area contributed by atoms with E-state index >= 15 is 0 Å². The van der Waals surface area contributed by atoms with Crippen LogP contribution < -0.4 is 5.32 Å². The first-order valence-electron chi connectivity index (χ1n) is 8.80. The van der Waals surface area contributed by atoms with Crippen LogP contribution in [-0.2, 0) is 16.0 Å². The van der Waals surface area contributed by atoms with Gasteiger partial charge in [0.1, 0.15) is 5.76 Å². The maximum atomic E-state index is 12.2. The molecule has 1 aromatic heterocycles. The number of aromatic nitrogens is 1. The van der Waals surface area contributed by atoms with Gasteiger partial charge in [-0.1, -0.05) is 23.7 Å². The van der Waals surface area contributed by atoms with Crippen molar-refractivity contribution in [3.8, 4) is 11.5 Å². The quantitative estimate of drug-likeness (QED) is 0.871. The molecule has 3 rings (SSSR count). The van der Waals surface area contributed by atoms with Gasteiger partial charge >= 0.3 is 0 Å². The lowest BCUT2D eigenvalue weighted by Gasteiger charge is -2.26. The number of piperidine rings is 1. The lowest BCUT2D eigenvalue weighted by Crippen LogP contribution is -2.42. The zero-order valence-electron chi connectivity index (χ0n) is 14.8. The second-order valence-electron chi connectivity index (χ2n) is 6.40. The number of hydrogen-bond acceptors (Lipinski definition) is 4. The molecule has 1 fully saturated rings. The number of carbonyl (C=O) groups is 2. The van der Waals surface area contributed by atoms with Gasteiger partial charge in [0.05, 0.1) is 29.2 Å². The molecule has 1 saturated heterocycles. The van der Waals surface area contributed by atoms with Gasteiger partial charge in [-0.25, -0.2) is 4.98 Å². The molecule has 26 heavy (non-hydrogen) atoms. The van der Waals surface area contributed by atoms with Gasteiger partial charge < -0.3 is 14.6 Å². The summed E-state index contributed by atoms with van der Waals surface area (Å²) in [6.45, 7) is 3.33. The molecular weight excluding hydrogens is 354 g/mol. The Morgan fingerprint density at radius 2 is 1.96 bits per heavy atom. The molecule has 2 heterocycles. The lowest BCUT2D eigenvalue weighted by atomic mass is 10.1. The molecule has 1 aliphatic rings. The van der Waals surface area contributed by atoms with Gasteiger partial charge in [0, 0.05) is 13.1 Å². The van der Waals surface area contributed by atoms with Gasteiger partial charge in [0.2, 0.25) is 17.7 Å². The number of halogens is 1. The van der Waals surface area contributed by atoms with Gasteiger partial charge in [-0.05, 0) is 38.3 Å². The maximum Gasteiger partial charge on any atom is 0.241 e. The summed E-state index contributed by atoms with van der Waals surface area (Å²) >= 11 is 6.16. The van der Waals surface area contributed by atoms with Crippen molar-refractivity contribution in [3.63, 3.8) is 0 Å². The molecule has 1 aromatic carbocycles. The molecule has 7 heteroatoms. The maximum absolute atomic E-state index is 12.2. The summed E-state index contributed by atoms with van der Waals surface area (Å²) in [5.74, 6) is 0.668. The van der Waals surface area contributed by atoms with Crippen molar-refractivity contribution in [2.45, 2.75) is 32.6 Å². The van der Waals surface area contributed by atoms with E-state index in [9.17, 15) is 9.59 Å². The van der Waals surface area contributed by atoms with Crippen LogP contribution in [0, 0.1) is 6.92 Å². The van der Waals surface area contributed by atoms with E-state index in [0.717, 1.165) is 32.4 Å². The molecule has 0 saturated carbocycles. The molecule has 2 amide bonds. The predicted molar refractivity (Wildman–Crippen MR) is 98.8 cm³/mol. The van der Waals surface area contributed by atoms with Crippen LogP contribution in [0.4, 0.5) is 0 Å².